The molecule has 1 amide bonds. The first-order valence-corrected chi connectivity index (χ1v) is 6.98. The molecular weight excluding hydrogens is 256 g/mol. The molecule has 1 aromatic rings. The van der Waals surface area contributed by atoms with Gasteiger partial charge in [0.05, 0.1) is 7.11 Å². The van der Waals surface area contributed by atoms with Crippen molar-refractivity contribution in [3.05, 3.63) is 23.8 Å². The van der Waals surface area contributed by atoms with Gasteiger partial charge >= 0.3 is 0 Å². The number of nitrogens with two attached hydrogens (primary N) is 1. The van der Waals surface area contributed by atoms with Crippen molar-refractivity contribution in [2.75, 3.05) is 13.7 Å². The number of carbonyl (C=O) groups is 1. The molecule has 0 saturated heterocycles. The maximum absolute atomic E-state index is 11.9. The van der Waals surface area contributed by atoms with E-state index in [-0.39, 0.29) is 5.91 Å². The molecule has 110 valence electrons. The van der Waals surface area contributed by atoms with Gasteiger partial charge in [0.1, 0.15) is 0 Å². The largest absolute Gasteiger partial charge is 0.493 e. The topological polar surface area (TPSA) is 73.6 Å². The predicted molar refractivity (Wildman–Crippen MR) is 77.0 cm³/mol. The fraction of sp³-hybridized carbons (Fsp3) is 0.533. The number of hydrogen-bond donors (Lipinski definition) is 2. The van der Waals surface area contributed by atoms with Crippen molar-refractivity contribution >= 4 is 5.91 Å². The van der Waals surface area contributed by atoms with Gasteiger partial charge in [-0.1, -0.05) is 6.07 Å². The molecule has 2 rings (SSSR count). The minimum absolute atomic E-state index is 0.0845. The first-order chi connectivity index (χ1) is 9.63. The lowest BCUT2D eigenvalue weighted by molar-refractivity contribution is -0.127. The van der Waals surface area contributed by atoms with E-state index in [1.165, 1.54) is 0 Å². The zero-order chi connectivity index (χ0) is 14.5. The molecule has 0 spiro atoms. The lowest BCUT2D eigenvalue weighted by atomic mass is 10.1. The maximum Gasteiger partial charge on any atom is 0.260 e. The number of carbonyl (C=O) groups excluding carboxylic acids is 1. The fourth-order valence-electron chi connectivity index (χ4n) is 1.93. The highest BCUT2D eigenvalue weighted by atomic mass is 16.5. The van der Waals surface area contributed by atoms with E-state index < -0.39 is 6.10 Å². The number of nitrogens with one attached hydrogen (secondary N) is 1. The van der Waals surface area contributed by atoms with E-state index in [0.717, 1.165) is 24.8 Å². The Kier molecular flexibility index (Phi) is 4.84. The summed E-state index contributed by atoms with van der Waals surface area (Å²) in [6.07, 6.45) is 2.35. The molecule has 3 N–H and O–H groups in total. The van der Waals surface area contributed by atoms with Crippen LogP contribution in [0.15, 0.2) is 18.2 Å². The van der Waals surface area contributed by atoms with Crippen LogP contribution in [0.1, 0.15) is 25.3 Å². The van der Waals surface area contributed by atoms with Crippen molar-refractivity contribution in [1.29, 1.82) is 0 Å². The van der Waals surface area contributed by atoms with Gasteiger partial charge in [0.15, 0.2) is 17.6 Å². The molecule has 1 saturated carbocycles. The summed E-state index contributed by atoms with van der Waals surface area (Å²) in [5.74, 6) is 1.12. The van der Waals surface area contributed by atoms with Crippen molar-refractivity contribution in [2.45, 2.75) is 38.3 Å². The van der Waals surface area contributed by atoms with E-state index >= 15 is 0 Å². The molecule has 1 fully saturated rings. The van der Waals surface area contributed by atoms with Crippen LogP contribution in [-0.4, -0.2) is 31.7 Å². The molecule has 0 aliphatic heterocycles. The van der Waals surface area contributed by atoms with Crippen molar-refractivity contribution in [3.8, 4) is 11.5 Å². The second kappa shape index (κ2) is 6.61. The number of methoxy groups -OCH3 is 1. The molecule has 1 aromatic carbocycles. The molecule has 0 heterocycles. The van der Waals surface area contributed by atoms with Crippen LogP contribution in [-0.2, 0) is 11.2 Å². The zero-order valence-corrected chi connectivity index (χ0v) is 12.0. The average Bonchev–Trinajstić information content (AvgIpc) is 3.23. The van der Waals surface area contributed by atoms with Gasteiger partial charge < -0.3 is 20.5 Å². The highest BCUT2D eigenvalue weighted by Gasteiger charge is 2.26. The third kappa shape index (κ3) is 3.87. The van der Waals surface area contributed by atoms with Crippen LogP contribution in [0.4, 0.5) is 0 Å². The van der Waals surface area contributed by atoms with Gasteiger partial charge in [0, 0.05) is 6.04 Å². The smallest absolute Gasteiger partial charge is 0.260 e. The van der Waals surface area contributed by atoms with E-state index in [1.807, 2.05) is 18.2 Å². The highest BCUT2D eigenvalue weighted by molar-refractivity contribution is 5.81. The Labute approximate surface area is 119 Å². The summed E-state index contributed by atoms with van der Waals surface area (Å²) in [6, 6.07) is 6.00. The summed E-state index contributed by atoms with van der Waals surface area (Å²) in [6.45, 7) is 2.32. The SMILES string of the molecule is COc1ccc(CCN)cc1OC(C)C(=O)NC1CC1. The Morgan fingerprint density at radius 3 is 2.80 bits per heavy atom. The molecule has 0 aromatic heterocycles. The van der Waals surface area contributed by atoms with Gasteiger partial charge in [-0.15, -0.1) is 0 Å². The second-order valence-electron chi connectivity index (χ2n) is 5.07. The Morgan fingerprint density at radius 2 is 2.20 bits per heavy atom. The molecule has 1 unspecified atom stereocenters. The Hall–Kier alpha value is -1.75. The van der Waals surface area contributed by atoms with Gasteiger partial charge in [0.2, 0.25) is 0 Å². The van der Waals surface area contributed by atoms with E-state index in [0.29, 0.717) is 24.1 Å². The number of benzene rings is 1. The van der Waals surface area contributed by atoms with E-state index in [2.05, 4.69) is 5.32 Å². The van der Waals surface area contributed by atoms with Crippen LogP contribution in [0.3, 0.4) is 0 Å². The Morgan fingerprint density at radius 1 is 1.45 bits per heavy atom. The summed E-state index contributed by atoms with van der Waals surface area (Å²) in [7, 11) is 1.58. The highest BCUT2D eigenvalue weighted by Crippen LogP contribution is 2.29. The van der Waals surface area contributed by atoms with Crippen LogP contribution in [0.5, 0.6) is 11.5 Å². The summed E-state index contributed by atoms with van der Waals surface area (Å²) >= 11 is 0. The number of amides is 1. The third-order valence-electron chi connectivity index (χ3n) is 3.26. The minimum atomic E-state index is -0.544. The second-order valence-corrected chi connectivity index (χ2v) is 5.07. The third-order valence-corrected chi connectivity index (χ3v) is 3.26. The monoisotopic (exact) mass is 278 g/mol. The zero-order valence-electron chi connectivity index (χ0n) is 12.0. The van der Waals surface area contributed by atoms with Crippen LogP contribution < -0.4 is 20.5 Å². The Bertz CT molecular complexity index is 472. The number of rotatable bonds is 7. The van der Waals surface area contributed by atoms with Crippen molar-refractivity contribution in [2.24, 2.45) is 5.73 Å². The van der Waals surface area contributed by atoms with Crippen LogP contribution >= 0.6 is 0 Å². The van der Waals surface area contributed by atoms with Crippen molar-refractivity contribution < 1.29 is 14.3 Å². The van der Waals surface area contributed by atoms with E-state index in [1.54, 1.807) is 14.0 Å². The average molecular weight is 278 g/mol. The van der Waals surface area contributed by atoms with Crippen LogP contribution in [0, 0.1) is 0 Å². The van der Waals surface area contributed by atoms with Crippen molar-refractivity contribution in [1.82, 2.24) is 5.32 Å². The molecule has 5 heteroatoms. The van der Waals surface area contributed by atoms with Crippen LogP contribution in [0.25, 0.3) is 0 Å². The predicted octanol–water partition coefficient (Wildman–Crippen LogP) is 1.24. The van der Waals surface area contributed by atoms with E-state index in [4.69, 9.17) is 15.2 Å². The first-order valence-electron chi connectivity index (χ1n) is 6.98. The van der Waals surface area contributed by atoms with Gasteiger partial charge in [0.25, 0.3) is 5.91 Å². The van der Waals surface area contributed by atoms with Gasteiger partial charge in [-0.25, -0.2) is 0 Å². The summed E-state index contributed by atoms with van der Waals surface area (Å²) in [4.78, 5) is 11.9. The number of ether oxygens (including phenoxy) is 2. The summed E-state index contributed by atoms with van der Waals surface area (Å²) in [5, 5.41) is 2.93. The lowest BCUT2D eigenvalue weighted by Crippen LogP contribution is -2.37. The maximum atomic E-state index is 11.9. The molecule has 0 radical (unpaired) electrons. The minimum Gasteiger partial charge on any atom is -0.493 e. The van der Waals surface area contributed by atoms with Crippen LogP contribution in [0.2, 0.25) is 0 Å². The van der Waals surface area contributed by atoms with E-state index in [9.17, 15) is 4.79 Å². The number of hydrogen-bond acceptors (Lipinski definition) is 4. The molecule has 20 heavy (non-hydrogen) atoms. The van der Waals surface area contributed by atoms with Gasteiger partial charge in [-0.3, -0.25) is 4.79 Å². The summed E-state index contributed by atoms with van der Waals surface area (Å²) < 4.78 is 11.0. The fourth-order valence-corrected chi connectivity index (χ4v) is 1.93. The van der Waals surface area contributed by atoms with Gasteiger partial charge in [-0.05, 0) is 50.4 Å². The standard InChI is InChI=1S/C15H22N2O3/c1-10(15(18)17-12-4-5-12)20-14-9-11(7-8-16)3-6-13(14)19-2/h3,6,9-10,12H,4-5,7-8,16H2,1-2H3,(H,17,18). The molecule has 1 atom stereocenters. The Balaban J connectivity index is 2.04. The van der Waals surface area contributed by atoms with Crippen molar-refractivity contribution in [3.63, 3.8) is 0 Å². The molecular formula is C15H22N2O3. The molecule has 0 bridgehead atoms. The molecule has 1 aliphatic carbocycles. The molecule has 5 nitrogen and oxygen atoms in total. The first kappa shape index (κ1) is 14.7. The quantitative estimate of drug-likeness (QED) is 0.787. The summed E-state index contributed by atoms with van der Waals surface area (Å²) in [5.41, 5.74) is 6.62. The van der Waals surface area contributed by atoms with Gasteiger partial charge in [-0.2, -0.15) is 0 Å². The molecule has 1 aliphatic rings. The normalized spacial score (nSPS) is 15.6. The lowest BCUT2D eigenvalue weighted by Gasteiger charge is -2.17.